The second-order valence-corrected chi connectivity index (χ2v) is 3.65. The van der Waals surface area contributed by atoms with Crippen molar-refractivity contribution in [3.05, 3.63) is 41.7 Å². The zero-order chi connectivity index (χ0) is 11.5. The number of benzene rings is 1. The molecule has 1 heterocycles. The van der Waals surface area contributed by atoms with Gasteiger partial charge in [0.15, 0.2) is 0 Å². The highest BCUT2D eigenvalue weighted by molar-refractivity contribution is 5.94. The molecule has 4 heteroatoms. The van der Waals surface area contributed by atoms with Gasteiger partial charge in [0, 0.05) is 13.1 Å². The minimum Gasteiger partial charge on any atom is -0.478 e. The molecular weight excluding hydrogens is 209 g/mol. The SMILES string of the molecule is O=C(O)c1c(F)cccc1N1CC=CCC1. The van der Waals surface area contributed by atoms with Gasteiger partial charge in [-0.1, -0.05) is 18.2 Å². The molecule has 84 valence electrons. The third-order valence-electron chi connectivity index (χ3n) is 2.60. The maximum Gasteiger partial charge on any atom is 0.340 e. The lowest BCUT2D eigenvalue weighted by Crippen LogP contribution is -2.28. The molecular formula is C12H12FNO2. The topological polar surface area (TPSA) is 40.5 Å². The van der Waals surface area contributed by atoms with Crippen LogP contribution in [0.2, 0.25) is 0 Å². The van der Waals surface area contributed by atoms with E-state index in [0.717, 1.165) is 13.0 Å². The summed E-state index contributed by atoms with van der Waals surface area (Å²) in [7, 11) is 0. The van der Waals surface area contributed by atoms with Gasteiger partial charge in [-0.3, -0.25) is 0 Å². The van der Waals surface area contributed by atoms with Gasteiger partial charge < -0.3 is 10.0 Å². The fraction of sp³-hybridized carbons (Fsp3) is 0.250. The minimum atomic E-state index is -1.22. The lowest BCUT2D eigenvalue weighted by atomic mass is 10.1. The second-order valence-electron chi connectivity index (χ2n) is 3.65. The summed E-state index contributed by atoms with van der Waals surface area (Å²) < 4.78 is 13.4. The summed E-state index contributed by atoms with van der Waals surface area (Å²) in [6, 6.07) is 4.36. The number of aromatic carboxylic acids is 1. The Bertz CT molecular complexity index is 443. The van der Waals surface area contributed by atoms with Crippen LogP contribution < -0.4 is 4.90 Å². The Morgan fingerprint density at radius 3 is 2.81 bits per heavy atom. The van der Waals surface area contributed by atoms with Crippen molar-refractivity contribution in [3.63, 3.8) is 0 Å². The third-order valence-corrected chi connectivity index (χ3v) is 2.60. The molecule has 0 saturated carbocycles. The van der Waals surface area contributed by atoms with Crippen LogP contribution in [0.5, 0.6) is 0 Å². The van der Waals surface area contributed by atoms with E-state index in [1.165, 1.54) is 12.1 Å². The van der Waals surface area contributed by atoms with Crippen LogP contribution in [0.3, 0.4) is 0 Å². The predicted octanol–water partition coefficient (Wildman–Crippen LogP) is 2.29. The van der Waals surface area contributed by atoms with Crippen LogP contribution in [-0.4, -0.2) is 24.2 Å². The van der Waals surface area contributed by atoms with E-state index < -0.39 is 11.8 Å². The monoisotopic (exact) mass is 221 g/mol. The zero-order valence-corrected chi connectivity index (χ0v) is 8.69. The van der Waals surface area contributed by atoms with Crippen molar-refractivity contribution in [3.8, 4) is 0 Å². The third kappa shape index (κ3) is 1.91. The first-order valence-electron chi connectivity index (χ1n) is 5.12. The normalized spacial score (nSPS) is 15.2. The largest absolute Gasteiger partial charge is 0.478 e. The quantitative estimate of drug-likeness (QED) is 0.779. The van der Waals surface area contributed by atoms with Gasteiger partial charge in [-0.15, -0.1) is 0 Å². The zero-order valence-electron chi connectivity index (χ0n) is 8.69. The van der Waals surface area contributed by atoms with Crippen LogP contribution in [0.1, 0.15) is 16.8 Å². The Hall–Kier alpha value is -1.84. The van der Waals surface area contributed by atoms with Crippen LogP contribution in [-0.2, 0) is 0 Å². The molecule has 1 N–H and O–H groups in total. The molecule has 3 nitrogen and oxygen atoms in total. The summed E-state index contributed by atoms with van der Waals surface area (Å²) in [5.41, 5.74) is 0.217. The second kappa shape index (κ2) is 4.35. The van der Waals surface area contributed by atoms with E-state index in [-0.39, 0.29) is 5.56 Å². The van der Waals surface area contributed by atoms with Crippen LogP contribution in [0.25, 0.3) is 0 Å². The van der Waals surface area contributed by atoms with Crippen LogP contribution in [0.4, 0.5) is 10.1 Å². The maximum atomic E-state index is 13.4. The van der Waals surface area contributed by atoms with Crippen molar-refractivity contribution < 1.29 is 14.3 Å². The first-order chi connectivity index (χ1) is 7.70. The number of anilines is 1. The van der Waals surface area contributed by atoms with Gasteiger partial charge in [0.1, 0.15) is 11.4 Å². The van der Waals surface area contributed by atoms with Crippen molar-refractivity contribution in [1.82, 2.24) is 0 Å². The highest BCUT2D eigenvalue weighted by atomic mass is 19.1. The summed E-state index contributed by atoms with van der Waals surface area (Å²) in [6.45, 7) is 1.35. The van der Waals surface area contributed by atoms with E-state index in [2.05, 4.69) is 0 Å². The standard InChI is InChI=1S/C12H12FNO2/c13-9-5-4-6-10(11(9)12(15)16)14-7-2-1-3-8-14/h1-2,4-6H,3,7-8H2,(H,15,16). The molecule has 0 spiro atoms. The molecule has 1 aromatic rings. The van der Waals surface area contributed by atoms with E-state index in [9.17, 15) is 9.18 Å². The van der Waals surface area contributed by atoms with Gasteiger partial charge in [-0.25, -0.2) is 9.18 Å². The van der Waals surface area contributed by atoms with Crippen LogP contribution in [0, 0.1) is 5.82 Å². The van der Waals surface area contributed by atoms with E-state index in [1.807, 2.05) is 17.1 Å². The fourth-order valence-corrected chi connectivity index (χ4v) is 1.85. The van der Waals surface area contributed by atoms with Crippen molar-refractivity contribution in [2.45, 2.75) is 6.42 Å². The van der Waals surface area contributed by atoms with E-state index in [0.29, 0.717) is 12.2 Å². The molecule has 0 radical (unpaired) electrons. The van der Waals surface area contributed by atoms with Crippen molar-refractivity contribution in [2.75, 3.05) is 18.0 Å². The van der Waals surface area contributed by atoms with Gasteiger partial charge in [0.25, 0.3) is 0 Å². The Morgan fingerprint density at radius 1 is 1.38 bits per heavy atom. The van der Waals surface area contributed by atoms with Crippen molar-refractivity contribution in [2.24, 2.45) is 0 Å². The summed E-state index contributed by atoms with van der Waals surface area (Å²) in [6.07, 6.45) is 4.85. The van der Waals surface area contributed by atoms with E-state index in [1.54, 1.807) is 6.07 Å². The Labute approximate surface area is 92.8 Å². The van der Waals surface area contributed by atoms with Crippen molar-refractivity contribution >= 4 is 11.7 Å². The molecule has 0 aromatic heterocycles. The molecule has 0 bridgehead atoms. The number of carboxylic acid groups (broad SMARTS) is 1. The van der Waals surface area contributed by atoms with E-state index in [4.69, 9.17) is 5.11 Å². The summed E-state index contributed by atoms with van der Waals surface area (Å²) >= 11 is 0. The van der Waals surface area contributed by atoms with Crippen LogP contribution in [0.15, 0.2) is 30.4 Å². The first kappa shape index (κ1) is 10.7. The molecule has 1 aliphatic heterocycles. The number of halogens is 1. The number of hydrogen-bond donors (Lipinski definition) is 1. The predicted molar refractivity (Wildman–Crippen MR) is 59.3 cm³/mol. The van der Waals surface area contributed by atoms with Gasteiger partial charge in [-0.2, -0.15) is 0 Å². The van der Waals surface area contributed by atoms with Gasteiger partial charge in [0.2, 0.25) is 0 Å². The highest BCUT2D eigenvalue weighted by Crippen LogP contribution is 2.24. The first-order valence-corrected chi connectivity index (χ1v) is 5.12. The molecule has 1 aliphatic rings. The molecule has 0 saturated heterocycles. The van der Waals surface area contributed by atoms with Gasteiger partial charge in [-0.05, 0) is 18.6 Å². The van der Waals surface area contributed by atoms with Crippen LogP contribution >= 0.6 is 0 Å². The number of carboxylic acids is 1. The lowest BCUT2D eigenvalue weighted by Gasteiger charge is -2.26. The van der Waals surface area contributed by atoms with Crippen molar-refractivity contribution in [1.29, 1.82) is 0 Å². The average molecular weight is 221 g/mol. The number of carbonyl (C=O) groups is 1. The number of nitrogens with zero attached hydrogens (tertiary/aromatic N) is 1. The fourth-order valence-electron chi connectivity index (χ4n) is 1.85. The highest BCUT2D eigenvalue weighted by Gasteiger charge is 2.19. The Kier molecular flexibility index (Phi) is 2.90. The Morgan fingerprint density at radius 2 is 2.19 bits per heavy atom. The molecule has 0 amide bonds. The van der Waals surface area contributed by atoms with E-state index >= 15 is 0 Å². The molecule has 0 aliphatic carbocycles. The lowest BCUT2D eigenvalue weighted by molar-refractivity contribution is 0.0692. The summed E-state index contributed by atoms with van der Waals surface area (Å²) in [5, 5.41) is 8.99. The molecule has 0 unspecified atom stereocenters. The maximum absolute atomic E-state index is 13.4. The molecule has 1 aromatic carbocycles. The molecule has 0 fully saturated rings. The molecule has 16 heavy (non-hydrogen) atoms. The average Bonchev–Trinajstić information content (AvgIpc) is 2.29. The van der Waals surface area contributed by atoms with Gasteiger partial charge in [0.05, 0.1) is 5.69 Å². The number of hydrogen-bond acceptors (Lipinski definition) is 2. The molecule has 0 atom stereocenters. The minimum absolute atomic E-state index is 0.238. The number of rotatable bonds is 2. The smallest absolute Gasteiger partial charge is 0.340 e. The van der Waals surface area contributed by atoms with Gasteiger partial charge >= 0.3 is 5.97 Å². The summed E-state index contributed by atoms with van der Waals surface area (Å²) in [5.74, 6) is -1.90. The Balaban J connectivity index is 2.43. The summed E-state index contributed by atoms with van der Waals surface area (Å²) in [4.78, 5) is 12.9. The molecule has 2 rings (SSSR count).